The van der Waals surface area contributed by atoms with Crippen molar-refractivity contribution in [1.29, 1.82) is 0 Å². The second kappa shape index (κ2) is 8.16. The van der Waals surface area contributed by atoms with E-state index in [4.69, 9.17) is 10.5 Å². The summed E-state index contributed by atoms with van der Waals surface area (Å²) in [5.74, 6) is 0.0599. The highest BCUT2D eigenvalue weighted by Crippen LogP contribution is 2.12. The molecule has 6 heteroatoms. The fraction of sp³-hybridized carbons (Fsp3) is 0.429. The fourth-order valence-corrected chi connectivity index (χ4v) is 1.55. The molecule has 0 saturated carbocycles. The van der Waals surface area contributed by atoms with Crippen molar-refractivity contribution in [3.8, 4) is 5.75 Å². The molecule has 1 aromatic rings. The lowest BCUT2D eigenvalue weighted by atomic mass is 10.2. The van der Waals surface area contributed by atoms with Crippen LogP contribution in [-0.4, -0.2) is 31.0 Å². The van der Waals surface area contributed by atoms with Gasteiger partial charge in [0.1, 0.15) is 5.75 Å². The summed E-state index contributed by atoms with van der Waals surface area (Å²) in [5, 5.41) is 5.88. The van der Waals surface area contributed by atoms with Crippen molar-refractivity contribution in [1.82, 2.24) is 10.6 Å². The third kappa shape index (κ3) is 5.71. The molecule has 0 heterocycles. The zero-order chi connectivity index (χ0) is 15.0. The van der Waals surface area contributed by atoms with Gasteiger partial charge in [0.25, 0.3) is 5.91 Å². The molecule has 20 heavy (non-hydrogen) atoms. The van der Waals surface area contributed by atoms with E-state index < -0.39 is 5.91 Å². The third-order valence-electron chi connectivity index (χ3n) is 2.66. The predicted octanol–water partition coefficient (Wildman–Crippen LogP) is 0.165. The quantitative estimate of drug-likeness (QED) is 0.632. The van der Waals surface area contributed by atoms with Crippen LogP contribution in [0.5, 0.6) is 5.75 Å². The van der Waals surface area contributed by atoms with Gasteiger partial charge in [0, 0.05) is 13.1 Å². The van der Waals surface area contributed by atoms with Crippen molar-refractivity contribution in [2.75, 3.05) is 13.2 Å². The molecule has 0 aliphatic rings. The highest BCUT2D eigenvalue weighted by molar-refractivity contribution is 5.81. The number of rotatable bonds is 8. The molecule has 0 saturated heterocycles. The molecule has 1 atom stereocenters. The average molecular weight is 279 g/mol. The van der Waals surface area contributed by atoms with Gasteiger partial charge in [0.15, 0.2) is 6.61 Å². The summed E-state index contributed by atoms with van der Waals surface area (Å²) in [4.78, 5) is 22.1. The Morgan fingerprint density at radius 3 is 2.50 bits per heavy atom. The molecular weight excluding hydrogens is 258 g/mol. The predicted molar refractivity (Wildman–Crippen MR) is 76.1 cm³/mol. The maximum absolute atomic E-state index is 11.5. The minimum Gasteiger partial charge on any atom is -0.484 e. The maximum atomic E-state index is 11.5. The van der Waals surface area contributed by atoms with Crippen molar-refractivity contribution in [2.24, 2.45) is 5.73 Å². The Morgan fingerprint density at radius 2 is 1.95 bits per heavy atom. The second-order valence-corrected chi connectivity index (χ2v) is 4.40. The second-order valence-electron chi connectivity index (χ2n) is 4.40. The van der Waals surface area contributed by atoms with E-state index in [1.54, 1.807) is 12.1 Å². The summed E-state index contributed by atoms with van der Waals surface area (Å²) in [6.45, 7) is 4.77. The molecule has 1 unspecified atom stereocenters. The Labute approximate surface area is 118 Å². The SMILES string of the molecule is CCNC(=O)C(C)NCc1ccc(OCC(N)=O)cc1. The van der Waals surface area contributed by atoms with E-state index in [0.717, 1.165) is 5.56 Å². The van der Waals surface area contributed by atoms with E-state index in [1.165, 1.54) is 0 Å². The van der Waals surface area contributed by atoms with Gasteiger partial charge in [0.2, 0.25) is 5.91 Å². The average Bonchev–Trinajstić information content (AvgIpc) is 2.43. The first-order chi connectivity index (χ1) is 9.52. The zero-order valence-corrected chi connectivity index (χ0v) is 11.8. The summed E-state index contributed by atoms with van der Waals surface area (Å²) in [7, 11) is 0. The maximum Gasteiger partial charge on any atom is 0.255 e. The fourth-order valence-electron chi connectivity index (χ4n) is 1.55. The Kier molecular flexibility index (Phi) is 6.52. The summed E-state index contributed by atoms with van der Waals surface area (Å²) in [5.41, 5.74) is 6.01. The molecule has 0 aliphatic heterocycles. The van der Waals surface area contributed by atoms with Gasteiger partial charge in [-0.3, -0.25) is 9.59 Å². The number of hydrogen-bond donors (Lipinski definition) is 3. The van der Waals surface area contributed by atoms with Crippen LogP contribution in [0.4, 0.5) is 0 Å². The first kappa shape index (κ1) is 16.0. The number of benzene rings is 1. The molecule has 0 spiro atoms. The van der Waals surface area contributed by atoms with Crippen LogP contribution in [0.15, 0.2) is 24.3 Å². The molecule has 2 amide bonds. The van der Waals surface area contributed by atoms with E-state index in [1.807, 2.05) is 26.0 Å². The number of carbonyl (C=O) groups is 2. The Balaban J connectivity index is 2.41. The molecule has 0 aliphatic carbocycles. The molecular formula is C14H21N3O3. The smallest absolute Gasteiger partial charge is 0.255 e. The first-order valence-electron chi connectivity index (χ1n) is 6.54. The molecule has 110 valence electrons. The van der Waals surface area contributed by atoms with Crippen LogP contribution in [0.25, 0.3) is 0 Å². The van der Waals surface area contributed by atoms with Crippen LogP contribution in [0.2, 0.25) is 0 Å². The van der Waals surface area contributed by atoms with Crippen molar-refractivity contribution in [3.05, 3.63) is 29.8 Å². The van der Waals surface area contributed by atoms with Gasteiger partial charge in [-0.25, -0.2) is 0 Å². The summed E-state index contributed by atoms with van der Waals surface area (Å²) in [6.07, 6.45) is 0. The molecule has 0 aromatic heterocycles. The number of amides is 2. The van der Waals surface area contributed by atoms with Gasteiger partial charge < -0.3 is 21.1 Å². The Bertz CT molecular complexity index is 445. The van der Waals surface area contributed by atoms with Gasteiger partial charge in [-0.05, 0) is 31.5 Å². The van der Waals surface area contributed by atoms with Gasteiger partial charge >= 0.3 is 0 Å². The lowest BCUT2D eigenvalue weighted by Crippen LogP contribution is -2.41. The molecule has 4 N–H and O–H groups in total. The van der Waals surface area contributed by atoms with Crippen LogP contribution in [-0.2, 0) is 16.1 Å². The van der Waals surface area contributed by atoms with Gasteiger partial charge in [-0.1, -0.05) is 12.1 Å². The highest BCUT2D eigenvalue weighted by Gasteiger charge is 2.10. The lowest BCUT2D eigenvalue weighted by Gasteiger charge is -2.13. The lowest BCUT2D eigenvalue weighted by molar-refractivity contribution is -0.122. The van der Waals surface area contributed by atoms with Crippen molar-refractivity contribution in [3.63, 3.8) is 0 Å². The van der Waals surface area contributed by atoms with Crippen LogP contribution in [0, 0.1) is 0 Å². The number of carbonyl (C=O) groups excluding carboxylic acids is 2. The van der Waals surface area contributed by atoms with Gasteiger partial charge in [-0.2, -0.15) is 0 Å². The minimum atomic E-state index is -0.508. The molecule has 0 bridgehead atoms. The standard InChI is InChI=1S/C14H21N3O3/c1-3-16-14(19)10(2)17-8-11-4-6-12(7-5-11)20-9-13(15)18/h4-7,10,17H,3,8-9H2,1-2H3,(H2,15,18)(H,16,19). The van der Waals surface area contributed by atoms with Crippen LogP contribution >= 0.6 is 0 Å². The highest BCUT2D eigenvalue weighted by atomic mass is 16.5. The minimum absolute atomic E-state index is 0.0195. The third-order valence-corrected chi connectivity index (χ3v) is 2.66. The number of likely N-dealkylation sites (N-methyl/N-ethyl adjacent to an activating group) is 1. The molecule has 0 fully saturated rings. The molecule has 0 radical (unpaired) electrons. The number of ether oxygens (including phenoxy) is 1. The summed E-state index contributed by atoms with van der Waals surface area (Å²) >= 11 is 0. The Hall–Kier alpha value is -2.08. The number of nitrogens with one attached hydrogen (secondary N) is 2. The topological polar surface area (TPSA) is 93.4 Å². The van der Waals surface area contributed by atoms with E-state index in [-0.39, 0.29) is 18.6 Å². The van der Waals surface area contributed by atoms with Crippen molar-refractivity contribution < 1.29 is 14.3 Å². The van der Waals surface area contributed by atoms with Crippen LogP contribution < -0.4 is 21.1 Å². The van der Waals surface area contributed by atoms with E-state index in [0.29, 0.717) is 18.8 Å². The summed E-state index contributed by atoms with van der Waals surface area (Å²) in [6, 6.07) is 7.01. The van der Waals surface area contributed by atoms with Crippen molar-refractivity contribution in [2.45, 2.75) is 26.4 Å². The van der Waals surface area contributed by atoms with E-state index in [2.05, 4.69) is 10.6 Å². The molecule has 6 nitrogen and oxygen atoms in total. The normalized spacial score (nSPS) is 11.7. The Morgan fingerprint density at radius 1 is 1.30 bits per heavy atom. The van der Waals surface area contributed by atoms with E-state index in [9.17, 15) is 9.59 Å². The van der Waals surface area contributed by atoms with Crippen LogP contribution in [0.1, 0.15) is 19.4 Å². The zero-order valence-electron chi connectivity index (χ0n) is 11.8. The van der Waals surface area contributed by atoms with E-state index >= 15 is 0 Å². The number of nitrogens with two attached hydrogens (primary N) is 1. The monoisotopic (exact) mass is 279 g/mol. The number of primary amides is 1. The number of hydrogen-bond acceptors (Lipinski definition) is 4. The molecule has 1 rings (SSSR count). The van der Waals surface area contributed by atoms with Crippen molar-refractivity contribution >= 4 is 11.8 Å². The largest absolute Gasteiger partial charge is 0.484 e. The summed E-state index contributed by atoms with van der Waals surface area (Å²) < 4.78 is 5.16. The van der Waals surface area contributed by atoms with Gasteiger partial charge in [-0.15, -0.1) is 0 Å². The first-order valence-corrected chi connectivity index (χ1v) is 6.54. The van der Waals surface area contributed by atoms with Crippen LogP contribution in [0.3, 0.4) is 0 Å². The van der Waals surface area contributed by atoms with Gasteiger partial charge in [0.05, 0.1) is 6.04 Å². The molecule has 1 aromatic carbocycles.